The van der Waals surface area contributed by atoms with Crippen LogP contribution in [0.4, 0.5) is 0 Å². The summed E-state index contributed by atoms with van der Waals surface area (Å²) in [6.07, 6.45) is 97.0. The average Bonchev–Trinajstić information content (AvgIpc) is 3.46. The van der Waals surface area contributed by atoms with Gasteiger partial charge in [-0.05, 0) is 109 Å². The molecule has 80 heavy (non-hydrogen) atoms. The Balaban J connectivity index is 4.48. The maximum atomic E-state index is 12.9. The molecule has 450 valence electrons. The normalized spacial score (nSPS) is 13.2. The first-order valence-corrected chi connectivity index (χ1v) is 32.5. The fourth-order valence-corrected chi connectivity index (χ4v) is 8.53. The number of carbonyl (C=O) groups is 3. The number of ether oxygens (including phenoxy) is 3. The van der Waals surface area contributed by atoms with Crippen LogP contribution < -0.4 is 0 Å². The van der Waals surface area contributed by atoms with Gasteiger partial charge in [-0.2, -0.15) is 0 Å². The van der Waals surface area contributed by atoms with Gasteiger partial charge < -0.3 is 14.2 Å². The Morgan fingerprint density at radius 2 is 0.537 bits per heavy atom. The topological polar surface area (TPSA) is 78.9 Å². The highest BCUT2D eigenvalue weighted by atomic mass is 16.6. The first-order valence-electron chi connectivity index (χ1n) is 32.5. The van der Waals surface area contributed by atoms with Gasteiger partial charge in [0, 0.05) is 12.8 Å². The minimum absolute atomic E-state index is 0.117. The van der Waals surface area contributed by atoms with Crippen LogP contribution in [-0.4, -0.2) is 37.2 Å². The molecule has 0 radical (unpaired) electrons. The van der Waals surface area contributed by atoms with Crippen molar-refractivity contribution >= 4 is 17.9 Å². The maximum Gasteiger partial charge on any atom is 0.309 e. The number of unbranched alkanes of at least 4 members (excludes halogenated alkanes) is 21. The molecule has 0 aromatic rings. The van der Waals surface area contributed by atoms with Gasteiger partial charge in [-0.15, -0.1) is 0 Å². The third-order valence-corrected chi connectivity index (χ3v) is 13.3. The van der Waals surface area contributed by atoms with E-state index in [9.17, 15) is 14.4 Å². The number of hydrogen-bond acceptors (Lipinski definition) is 6. The summed E-state index contributed by atoms with van der Waals surface area (Å²) in [5.74, 6) is -1.08. The van der Waals surface area contributed by atoms with Crippen molar-refractivity contribution in [3.8, 4) is 0 Å². The van der Waals surface area contributed by atoms with Gasteiger partial charge in [0.1, 0.15) is 13.2 Å². The zero-order valence-electron chi connectivity index (χ0n) is 51.5. The van der Waals surface area contributed by atoms with E-state index in [0.29, 0.717) is 12.8 Å². The van der Waals surface area contributed by atoms with E-state index >= 15 is 0 Å². The SMILES string of the molecule is CC/C=C\C/C=C\C/C=C\C/C=C\C/C=C\C/C=C\C/C=C\C/C=C\CCCCCCC(=O)OCC(COC(=O)C/C=C\C/C=C\C/C=C\C/C=C\C/C=C\CC)OC(=O)CCCCCCCCCCCCCCCCCCCC. The van der Waals surface area contributed by atoms with E-state index in [0.717, 1.165) is 135 Å². The second kappa shape index (κ2) is 66.5. The molecule has 0 aromatic heterocycles. The van der Waals surface area contributed by atoms with Gasteiger partial charge in [-0.1, -0.05) is 301 Å². The van der Waals surface area contributed by atoms with Gasteiger partial charge in [0.05, 0.1) is 6.42 Å². The van der Waals surface area contributed by atoms with Gasteiger partial charge in [0.15, 0.2) is 6.10 Å². The summed E-state index contributed by atoms with van der Waals surface area (Å²) in [7, 11) is 0. The smallest absolute Gasteiger partial charge is 0.309 e. The van der Waals surface area contributed by atoms with Crippen molar-refractivity contribution in [2.45, 2.75) is 277 Å². The zero-order valence-corrected chi connectivity index (χ0v) is 51.5. The Labute approximate surface area is 492 Å². The van der Waals surface area contributed by atoms with Crippen LogP contribution in [0.5, 0.6) is 0 Å². The fourth-order valence-electron chi connectivity index (χ4n) is 8.53. The van der Waals surface area contributed by atoms with Crippen LogP contribution in [0.25, 0.3) is 0 Å². The van der Waals surface area contributed by atoms with Crippen molar-refractivity contribution in [2.75, 3.05) is 13.2 Å². The lowest BCUT2D eigenvalue weighted by Crippen LogP contribution is -2.30. The lowest BCUT2D eigenvalue weighted by Gasteiger charge is -2.18. The molecule has 6 heteroatoms. The van der Waals surface area contributed by atoms with E-state index in [1.807, 2.05) is 6.08 Å². The summed E-state index contributed by atoms with van der Waals surface area (Å²) in [5, 5.41) is 0. The molecule has 0 N–H and O–H groups in total. The average molecular weight is 1100 g/mol. The highest BCUT2D eigenvalue weighted by Crippen LogP contribution is 2.16. The van der Waals surface area contributed by atoms with E-state index in [4.69, 9.17) is 14.2 Å². The summed E-state index contributed by atoms with van der Waals surface area (Å²) >= 11 is 0. The Morgan fingerprint density at radius 1 is 0.275 bits per heavy atom. The van der Waals surface area contributed by atoms with E-state index in [2.05, 4.69) is 167 Å². The molecule has 1 unspecified atom stereocenters. The molecule has 0 aliphatic heterocycles. The van der Waals surface area contributed by atoms with E-state index in [1.54, 1.807) is 6.08 Å². The second-order valence-corrected chi connectivity index (χ2v) is 20.9. The van der Waals surface area contributed by atoms with Crippen LogP contribution in [0, 0.1) is 0 Å². The third-order valence-electron chi connectivity index (χ3n) is 13.3. The van der Waals surface area contributed by atoms with Crippen LogP contribution in [0.3, 0.4) is 0 Å². The molecule has 0 spiro atoms. The largest absolute Gasteiger partial charge is 0.462 e. The highest BCUT2D eigenvalue weighted by Gasteiger charge is 2.19. The van der Waals surface area contributed by atoms with Crippen molar-refractivity contribution in [1.82, 2.24) is 0 Å². The molecule has 0 amide bonds. The van der Waals surface area contributed by atoms with E-state index < -0.39 is 12.1 Å². The molecule has 0 aliphatic carbocycles. The Kier molecular flexibility index (Phi) is 62.4. The predicted molar refractivity (Wildman–Crippen MR) is 348 cm³/mol. The van der Waals surface area contributed by atoms with Crippen LogP contribution >= 0.6 is 0 Å². The lowest BCUT2D eigenvalue weighted by atomic mass is 10.0. The molecule has 1 atom stereocenters. The molecule has 6 nitrogen and oxygen atoms in total. The van der Waals surface area contributed by atoms with Crippen LogP contribution in [0.15, 0.2) is 158 Å². The van der Waals surface area contributed by atoms with Gasteiger partial charge in [-0.25, -0.2) is 0 Å². The van der Waals surface area contributed by atoms with Crippen molar-refractivity contribution in [3.63, 3.8) is 0 Å². The molecule has 0 saturated carbocycles. The van der Waals surface area contributed by atoms with E-state index in [-0.39, 0.29) is 31.6 Å². The van der Waals surface area contributed by atoms with Gasteiger partial charge in [0.25, 0.3) is 0 Å². The Hall–Kier alpha value is -4.97. The van der Waals surface area contributed by atoms with Crippen molar-refractivity contribution < 1.29 is 28.6 Å². The quantitative estimate of drug-likeness (QED) is 0.0261. The molecule has 0 saturated heterocycles. The predicted octanol–water partition coefficient (Wildman–Crippen LogP) is 22.5. The molecule has 0 rings (SSSR count). The molecular formula is C74H118O6. The lowest BCUT2D eigenvalue weighted by molar-refractivity contribution is -0.166. The van der Waals surface area contributed by atoms with Crippen LogP contribution in [-0.2, 0) is 28.6 Å². The third kappa shape index (κ3) is 63.9. The van der Waals surface area contributed by atoms with Crippen LogP contribution in [0.1, 0.15) is 271 Å². The van der Waals surface area contributed by atoms with Crippen molar-refractivity contribution in [3.05, 3.63) is 158 Å². The highest BCUT2D eigenvalue weighted by molar-refractivity contribution is 5.72. The van der Waals surface area contributed by atoms with E-state index in [1.165, 1.54) is 96.3 Å². The molecule has 0 bridgehead atoms. The first kappa shape index (κ1) is 75.0. The first-order chi connectivity index (χ1) is 39.5. The summed E-state index contributed by atoms with van der Waals surface area (Å²) in [4.78, 5) is 38.3. The molecule has 0 heterocycles. The summed E-state index contributed by atoms with van der Waals surface area (Å²) < 4.78 is 16.8. The molecule has 0 aliphatic rings. The van der Waals surface area contributed by atoms with Gasteiger partial charge >= 0.3 is 17.9 Å². The molecule has 0 aromatic carbocycles. The number of hydrogen-bond donors (Lipinski definition) is 0. The number of allylic oxidation sites excluding steroid dienone is 25. The maximum absolute atomic E-state index is 12.9. The summed E-state index contributed by atoms with van der Waals surface area (Å²) in [5.41, 5.74) is 0. The fraction of sp³-hybridized carbons (Fsp3) is 0.608. The summed E-state index contributed by atoms with van der Waals surface area (Å²) in [6.45, 7) is 6.31. The molecular weight excluding hydrogens is 985 g/mol. The summed E-state index contributed by atoms with van der Waals surface area (Å²) in [6, 6.07) is 0. The Bertz CT molecular complexity index is 1790. The monoisotopic (exact) mass is 1100 g/mol. The minimum Gasteiger partial charge on any atom is -0.462 e. The van der Waals surface area contributed by atoms with Gasteiger partial charge in [-0.3, -0.25) is 14.4 Å². The zero-order chi connectivity index (χ0) is 57.8. The number of rotatable bonds is 57. The second-order valence-electron chi connectivity index (χ2n) is 20.9. The Morgan fingerprint density at radius 3 is 0.875 bits per heavy atom. The number of carbonyl (C=O) groups excluding carboxylic acids is 3. The van der Waals surface area contributed by atoms with Gasteiger partial charge in [0.2, 0.25) is 0 Å². The van der Waals surface area contributed by atoms with Crippen molar-refractivity contribution in [1.29, 1.82) is 0 Å². The van der Waals surface area contributed by atoms with Crippen LogP contribution in [0.2, 0.25) is 0 Å². The molecule has 0 fully saturated rings. The van der Waals surface area contributed by atoms with Crippen molar-refractivity contribution in [2.24, 2.45) is 0 Å². The standard InChI is InChI=1S/C74H118O6/c1-4-7-10-13-16-19-22-25-28-30-32-33-34-35-36-37-38-39-40-41-42-44-46-49-52-55-58-61-64-67-73(76)79-70-71(69-78-72(75)66-63-60-57-54-51-48-45-27-24-21-18-15-12-9-6-3)80-74(77)68-65-62-59-56-53-50-47-43-31-29-26-23-20-17-14-11-8-5-2/h7,9-10,12,16,18-19,21,25,27-28,32-33,35-36,38-39,41-42,45-46,49,51,54,60,63,71H,4-6,8,11,13-15,17,20,22-24,26,29-31,34,37,40,43-44,47-48,50,52-53,55-59,61-62,64-70H2,1-3H3/b10-7-,12-9-,19-16-,21-18-,28-25-,33-32-,36-35-,39-38-,42-41-,45-27-,49-46-,54-51-,63-60-. The minimum atomic E-state index is -0.836. The number of esters is 3.